The Morgan fingerprint density at radius 2 is 2.08 bits per heavy atom. The quantitative estimate of drug-likeness (QED) is 0.874. The average Bonchev–Trinajstić information content (AvgIpc) is 2.93. The summed E-state index contributed by atoms with van der Waals surface area (Å²) < 4.78 is 0. The molecule has 0 saturated carbocycles. The standard InChI is InChI=1S/C16H21N5OS.ClH/c1-12-3-2-4-13(9-12)19-16(22)21-7-5-20(6-8-21)11-14-10-18-15(17)23-14;/h2-4,9-10H,5-8,11H2,1H3,(H2,17,18)(H,19,22);1H. The second-order valence-corrected chi connectivity index (χ2v) is 6.87. The van der Waals surface area contributed by atoms with E-state index in [1.807, 2.05) is 42.3 Å². The van der Waals surface area contributed by atoms with Crippen molar-refractivity contribution in [3.05, 3.63) is 40.9 Å². The molecular weight excluding hydrogens is 346 g/mol. The molecule has 0 atom stereocenters. The molecule has 3 rings (SSSR count). The number of hydrogen-bond donors (Lipinski definition) is 2. The summed E-state index contributed by atoms with van der Waals surface area (Å²) in [6.45, 7) is 6.04. The second-order valence-electron chi connectivity index (χ2n) is 5.73. The number of nitrogens with two attached hydrogens (primary N) is 1. The zero-order chi connectivity index (χ0) is 16.2. The van der Waals surface area contributed by atoms with Crippen LogP contribution in [0.1, 0.15) is 10.4 Å². The molecule has 1 aromatic heterocycles. The summed E-state index contributed by atoms with van der Waals surface area (Å²) in [5, 5.41) is 3.57. The van der Waals surface area contributed by atoms with Crippen molar-refractivity contribution in [2.24, 2.45) is 0 Å². The number of aryl methyl sites for hydroxylation is 1. The lowest BCUT2D eigenvalue weighted by atomic mass is 10.2. The van der Waals surface area contributed by atoms with E-state index in [4.69, 9.17) is 5.73 Å². The third-order valence-electron chi connectivity index (χ3n) is 3.88. The zero-order valence-electron chi connectivity index (χ0n) is 13.6. The number of benzene rings is 1. The lowest BCUT2D eigenvalue weighted by Gasteiger charge is -2.34. The molecule has 130 valence electrons. The summed E-state index contributed by atoms with van der Waals surface area (Å²) in [6.07, 6.45) is 1.83. The molecule has 0 bridgehead atoms. The van der Waals surface area contributed by atoms with Crippen LogP contribution >= 0.6 is 23.7 Å². The highest BCUT2D eigenvalue weighted by molar-refractivity contribution is 7.15. The summed E-state index contributed by atoms with van der Waals surface area (Å²) in [7, 11) is 0. The molecule has 1 saturated heterocycles. The molecular formula is C16H22ClN5OS. The number of anilines is 2. The summed E-state index contributed by atoms with van der Waals surface area (Å²) in [5.41, 5.74) is 7.64. The maximum Gasteiger partial charge on any atom is 0.321 e. The lowest BCUT2D eigenvalue weighted by molar-refractivity contribution is 0.143. The van der Waals surface area contributed by atoms with Gasteiger partial charge in [0.2, 0.25) is 0 Å². The van der Waals surface area contributed by atoms with Gasteiger partial charge in [0.15, 0.2) is 5.13 Å². The highest BCUT2D eigenvalue weighted by Gasteiger charge is 2.21. The molecule has 1 fully saturated rings. The number of nitrogens with zero attached hydrogens (tertiary/aromatic N) is 3. The summed E-state index contributed by atoms with van der Waals surface area (Å²) in [6, 6.07) is 7.82. The predicted molar refractivity (Wildman–Crippen MR) is 101 cm³/mol. The van der Waals surface area contributed by atoms with Crippen LogP contribution < -0.4 is 11.1 Å². The van der Waals surface area contributed by atoms with Crippen molar-refractivity contribution in [2.75, 3.05) is 37.2 Å². The van der Waals surface area contributed by atoms with E-state index in [9.17, 15) is 4.79 Å². The van der Waals surface area contributed by atoms with Gasteiger partial charge in [-0.15, -0.1) is 23.7 Å². The highest BCUT2D eigenvalue weighted by atomic mass is 35.5. The van der Waals surface area contributed by atoms with Crippen LogP contribution in [0, 0.1) is 6.92 Å². The first kappa shape index (κ1) is 18.5. The molecule has 1 aliphatic rings. The van der Waals surface area contributed by atoms with Crippen molar-refractivity contribution < 1.29 is 4.79 Å². The fourth-order valence-electron chi connectivity index (χ4n) is 2.65. The van der Waals surface area contributed by atoms with Crippen LogP contribution in [0.2, 0.25) is 0 Å². The second kappa shape index (κ2) is 8.32. The third kappa shape index (κ3) is 4.83. The fourth-order valence-corrected chi connectivity index (χ4v) is 3.38. The molecule has 0 radical (unpaired) electrons. The number of amides is 2. The van der Waals surface area contributed by atoms with Gasteiger partial charge < -0.3 is 16.0 Å². The molecule has 1 aromatic carbocycles. The number of nitrogens with one attached hydrogen (secondary N) is 1. The largest absolute Gasteiger partial charge is 0.375 e. The monoisotopic (exact) mass is 367 g/mol. The fraction of sp³-hybridized carbons (Fsp3) is 0.375. The van der Waals surface area contributed by atoms with Gasteiger partial charge in [0.25, 0.3) is 0 Å². The van der Waals surface area contributed by atoms with Gasteiger partial charge >= 0.3 is 6.03 Å². The van der Waals surface area contributed by atoms with Gasteiger partial charge in [0.1, 0.15) is 0 Å². The van der Waals surface area contributed by atoms with Crippen LogP contribution in [0.15, 0.2) is 30.5 Å². The number of nitrogen functional groups attached to an aromatic ring is 1. The highest BCUT2D eigenvalue weighted by Crippen LogP contribution is 2.18. The summed E-state index contributed by atoms with van der Waals surface area (Å²) >= 11 is 1.52. The van der Waals surface area contributed by atoms with Gasteiger partial charge in [-0.05, 0) is 24.6 Å². The Kier molecular flexibility index (Phi) is 6.42. The van der Waals surface area contributed by atoms with Gasteiger partial charge in [-0.1, -0.05) is 12.1 Å². The van der Waals surface area contributed by atoms with Crippen LogP contribution in [0.25, 0.3) is 0 Å². The van der Waals surface area contributed by atoms with Gasteiger partial charge in [-0.25, -0.2) is 9.78 Å². The number of aromatic nitrogens is 1. The van der Waals surface area contributed by atoms with Crippen LogP contribution in [-0.2, 0) is 6.54 Å². The maximum absolute atomic E-state index is 12.3. The Morgan fingerprint density at radius 1 is 1.33 bits per heavy atom. The van der Waals surface area contributed by atoms with Crippen molar-refractivity contribution >= 4 is 40.6 Å². The smallest absolute Gasteiger partial charge is 0.321 e. The van der Waals surface area contributed by atoms with E-state index >= 15 is 0 Å². The third-order valence-corrected chi connectivity index (χ3v) is 4.69. The van der Waals surface area contributed by atoms with Crippen LogP contribution in [-0.4, -0.2) is 47.0 Å². The number of carbonyl (C=O) groups excluding carboxylic acids is 1. The first-order valence-electron chi connectivity index (χ1n) is 7.65. The predicted octanol–water partition coefficient (Wildman–Crippen LogP) is 2.81. The number of carbonyl (C=O) groups is 1. The molecule has 2 heterocycles. The van der Waals surface area contributed by atoms with Crippen molar-refractivity contribution in [2.45, 2.75) is 13.5 Å². The van der Waals surface area contributed by atoms with Gasteiger partial charge in [0, 0.05) is 49.5 Å². The van der Waals surface area contributed by atoms with E-state index in [1.54, 1.807) is 0 Å². The normalized spacial score (nSPS) is 15.0. The van der Waals surface area contributed by atoms with Gasteiger partial charge in [-0.3, -0.25) is 4.90 Å². The van der Waals surface area contributed by atoms with Crippen LogP contribution in [0.4, 0.5) is 15.6 Å². The van der Waals surface area contributed by atoms with Gasteiger partial charge in [0.05, 0.1) is 0 Å². The number of piperazine rings is 1. The minimum Gasteiger partial charge on any atom is -0.375 e. The lowest BCUT2D eigenvalue weighted by Crippen LogP contribution is -2.49. The number of urea groups is 1. The van der Waals surface area contributed by atoms with Crippen molar-refractivity contribution in [3.63, 3.8) is 0 Å². The molecule has 3 N–H and O–H groups in total. The van der Waals surface area contributed by atoms with Crippen molar-refractivity contribution in [3.8, 4) is 0 Å². The summed E-state index contributed by atoms with van der Waals surface area (Å²) in [4.78, 5) is 21.7. The molecule has 0 spiro atoms. The molecule has 0 unspecified atom stereocenters. The number of halogens is 1. The zero-order valence-corrected chi connectivity index (χ0v) is 15.2. The first-order chi connectivity index (χ1) is 11.1. The minimum absolute atomic E-state index is 0. The minimum atomic E-state index is -0.0303. The van der Waals surface area contributed by atoms with E-state index in [0.717, 1.165) is 44.0 Å². The van der Waals surface area contributed by atoms with Crippen LogP contribution in [0.5, 0.6) is 0 Å². The number of thiazole rings is 1. The van der Waals surface area contributed by atoms with E-state index in [1.165, 1.54) is 16.2 Å². The molecule has 2 amide bonds. The van der Waals surface area contributed by atoms with Crippen LogP contribution in [0.3, 0.4) is 0 Å². The van der Waals surface area contributed by atoms with E-state index in [0.29, 0.717) is 5.13 Å². The summed E-state index contributed by atoms with van der Waals surface area (Å²) in [5.74, 6) is 0. The Bertz CT molecular complexity index is 685. The number of rotatable bonds is 3. The Balaban J connectivity index is 0.00000208. The Morgan fingerprint density at radius 3 is 2.71 bits per heavy atom. The molecule has 6 nitrogen and oxygen atoms in total. The molecule has 8 heteroatoms. The first-order valence-corrected chi connectivity index (χ1v) is 8.47. The Hall–Kier alpha value is -1.83. The Labute approximate surface area is 152 Å². The van der Waals surface area contributed by atoms with Crippen molar-refractivity contribution in [1.82, 2.24) is 14.8 Å². The maximum atomic E-state index is 12.3. The molecule has 1 aliphatic heterocycles. The van der Waals surface area contributed by atoms with E-state index in [2.05, 4.69) is 15.2 Å². The topological polar surface area (TPSA) is 74.5 Å². The van der Waals surface area contributed by atoms with Crippen molar-refractivity contribution in [1.29, 1.82) is 0 Å². The van der Waals surface area contributed by atoms with E-state index < -0.39 is 0 Å². The van der Waals surface area contributed by atoms with Gasteiger partial charge in [-0.2, -0.15) is 0 Å². The molecule has 24 heavy (non-hydrogen) atoms. The molecule has 0 aliphatic carbocycles. The molecule has 2 aromatic rings. The number of hydrogen-bond acceptors (Lipinski definition) is 5. The average molecular weight is 368 g/mol. The van der Waals surface area contributed by atoms with E-state index in [-0.39, 0.29) is 18.4 Å². The SMILES string of the molecule is Cc1cccc(NC(=O)N2CCN(Cc3cnc(N)s3)CC2)c1.Cl.